The smallest absolute Gasteiger partial charge is 0.236 e. The Labute approximate surface area is 98.1 Å². The van der Waals surface area contributed by atoms with E-state index in [0.29, 0.717) is 16.9 Å². The molecular formula is C11H11ClN2O2. The van der Waals surface area contributed by atoms with Crippen LogP contribution in [0.25, 0.3) is 5.57 Å². The van der Waals surface area contributed by atoms with E-state index in [1.165, 1.54) is 6.20 Å². The minimum absolute atomic E-state index is 0.00900. The van der Waals surface area contributed by atoms with Crippen molar-refractivity contribution in [3.05, 3.63) is 41.1 Å². The van der Waals surface area contributed by atoms with Crippen LogP contribution >= 0.6 is 11.6 Å². The molecule has 1 aromatic rings. The van der Waals surface area contributed by atoms with Crippen molar-refractivity contribution in [2.75, 3.05) is 6.54 Å². The largest absolute Gasteiger partial charge is 0.382 e. The Morgan fingerprint density at radius 3 is 2.50 bits per heavy atom. The first-order chi connectivity index (χ1) is 7.63. The number of allylic oxidation sites excluding steroid dienone is 1. The summed E-state index contributed by atoms with van der Waals surface area (Å²) >= 11 is 5.72. The molecule has 0 aromatic heterocycles. The van der Waals surface area contributed by atoms with Crippen molar-refractivity contribution in [1.82, 2.24) is 5.32 Å². The van der Waals surface area contributed by atoms with Gasteiger partial charge in [0, 0.05) is 16.8 Å². The summed E-state index contributed by atoms with van der Waals surface area (Å²) in [6, 6.07) is 6.80. The summed E-state index contributed by atoms with van der Waals surface area (Å²) in [6.07, 6.45) is 2.14. The molecule has 3 N–H and O–H groups in total. The van der Waals surface area contributed by atoms with E-state index in [1.807, 2.05) is 0 Å². The van der Waals surface area contributed by atoms with Crippen molar-refractivity contribution in [2.45, 2.75) is 0 Å². The molecule has 0 heterocycles. The Morgan fingerprint density at radius 1 is 1.38 bits per heavy atom. The first-order valence-corrected chi connectivity index (χ1v) is 4.94. The maximum absolute atomic E-state index is 10.8. The lowest BCUT2D eigenvalue weighted by atomic mass is 10.1. The number of hydrogen-bond acceptors (Lipinski definition) is 3. The monoisotopic (exact) mass is 238 g/mol. The van der Waals surface area contributed by atoms with Crippen LogP contribution in [0.1, 0.15) is 5.56 Å². The molecule has 0 fully saturated rings. The molecule has 0 aliphatic carbocycles. The first kappa shape index (κ1) is 12.3. The van der Waals surface area contributed by atoms with Gasteiger partial charge in [-0.15, -0.1) is 0 Å². The number of amides is 1. The molecule has 0 spiro atoms. The van der Waals surface area contributed by atoms with Crippen molar-refractivity contribution < 1.29 is 9.59 Å². The molecule has 4 nitrogen and oxygen atoms in total. The van der Waals surface area contributed by atoms with Crippen LogP contribution in [0.5, 0.6) is 0 Å². The van der Waals surface area contributed by atoms with Gasteiger partial charge in [-0.1, -0.05) is 23.7 Å². The summed E-state index contributed by atoms with van der Waals surface area (Å²) < 4.78 is 0. The van der Waals surface area contributed by atoms with Crippen LogP contribution in [0.2, 0.25) is 5.02 Å². The molecule has 0 aliphatic heterocycles. The fourth-order valence-electron chi connectivity index (χ4n) is 1.09. The van der Waals surface area contributed by atoms with Crippen LogP contribution in [-0.2, 0) is 9.59 Å². The Kier molecular flexibility index (Phi) is 4.54. The highest BCUT2D eigenvalue weighted by Crippen LogP contribution is 2.15. The standard InChI is InChI=1S/C11H11ClN2O2/c12-10-3-1-8(2-4-10)9(7-15)5-14-6-11(13)16/h1-5,7,14H,6H2,(H2,13,16)/b9-5+. The molecule has 1 aromatic carbocycles. The minimum Gasteiger partial charge on any atom is -0.382 e. The van der Waals surface area contributed by atoms with Crippen molar-refractivity contribution in [2.24, 2.45) is 5.73 Å². The first-order valence-electron chi connectivity index (χ1n) is 4.56. The zero-order valence-corrected chi connectivity index (χ0v) is 9.20. The number of primary amides is 1. The van der Waals surface area contributed by atoms with E-state index in [0.717, 1.165) is 5.56 Å². The van der Waals surface area contributed by atoms with E-state index < -0.39 is 5.91 Å². The third-order valence-corrected chi connectivity index (χ3v) is 2.09. The van der Waals surface area contributed by atoms with Crippen LogP contribution < -0.4 is 11.1 Å². The predicted octanol–water partition coefficient (Wildman–Crippen LogP) is 0.955. The third-order valence-electron chi connectivity index (χ3n) is 1.84. The van der Waals surface area contributed by atoms with Gasteiger partial charge in [-0.3, -0.25) is 9.59 Å². The highest BCUT2D eigenvalue weighted by atomic mass is 35.5. The van der Waals surface area contributed by atoms with Gasteiger partial charge in [-0.25, -0.2) is 0 Å². The average molecular weight is 239 g/mol. The molecule has 1 amide bonds. The molecule has 1 rings (SSSR count). The Hall–Kier alpha value is -1.81. The number of aldehydes is 1. The van der Waals surface area contributed by atoms with Gasteiger partial charge in [0.25, 0.3) is 0 Å². The van der Waals surface area contributed by atoms with Crippen molar-refractivity contribution in [3.63, 3.8) is 0 Å². The van der Waals surface area contributed by atoms with Gasteiger partial charge in [0.2, 0.25) is 5.91 Å². The summed E-state index contributed by atoms with van der Waals surface area (Å²) in [5, 5.41) is 3.24. The molecular weight excluding hydrogens is 228 g/mol. The summed E-state index contributed by atoms with van der Waals surface area (Å²) in [5.74, 6) is -0.488. The van der Waals surface area contributed by atoms with Crippen LogP contribution in [0.3, 0.4) is 0 Å². The number of nitrogens with one attached hydrogen (secondary N) is 1. The average Bonchev–Trinajstić information content (AvgIpc) is 2.26. The van der Waals surface area contributed by atoms with Gasteiger partial charge in [0.05, 0.1) is 6.54 Å². The second-order valence-corrected chi connectivity index (χ2v) is 3.51. The van der Waals surface area contributed by atoms with E-state index in [2.05, 4.69) is 5.32 Å². The molecule has 0 aliphatic rings. The van der Waals surface area contributed by atoms with Crippen LogP contribution in [0, 0.1) is 0 Å². The van der Waals surface area contributed by atoms with Gasteiger partial charge >= 0.3 is 0 Å². The number of nitrogens with two attached hydrogens (primary N) is 1. The number of carbonyl (C=O) groups excluding carboxylic acids is 2. The number of carbonyl (C=O) groups is 2. The lowest BCUT2D eigenvalue weighted by molar-refractivity contribution is -0.117. The lowest BCUT2D eigenvalue weighted by Gasteiger charge is -2.01. The zero-order chi connectivity index (χ0) is 12.0. The molecule has 0 saturated carbocycles. The molecule has 5 heteroatoms. The molecule has 84 valence electrons. The van der Waals surface area contributed by atoms with Crippen LogP contribution in [0.4, 0.5) is 0 Å². The Morgan fingerprint density at radius 2 is 2.00 bits per heavy atom. The normalized spacial score (nSPS) is 10.9. The van der Waals surface area contributed by atoms with Gasteiger partial charge in [-0.2, -0.15) is 0 Å². The summed E-state index contributed by atoms with van der Waals surface area (Å²) in [7, 11) is 0. The van der Waals surface area contributed by atoms with Gasteiger partial charge in [0.1, 0.15) is 0 Å². The number of halogens is 1. The molecule has 0 saturated heterocycles. The highest BCUT2D eigenvalue weighted by Gasteiger charge is 2.00. The van der Waals surface area contributed by atoms with E-state index >= 15 is 0 Å². The summed E-state index contributed by atoms with van der Waals surface area (Å²) in [6.45, 7) is -0.00900. The second kappa shape index (κ2) is 5.92. The molecule has 0 unspecified atom stereocenters. The van der Waals surface area contributed by atoms with Gasteiger partial charge in [0.15, 0.2) is 6.29 Å². The molecule has 16 heavy (non-hydrogen) atoms. The fraction of sp³-hybridized carbons (Fsp3) is 0.0909. The Bertz CT molecular complexity index is 412. The maximum atomic E-state index is 10.8. The second-order valence-electron chi connectivity index (χ2n) is 3.07. The van der Waals surface area contributed by atoms with E-state index in [9.17, 15) is 9.59 Å². The van der Waals surface area contributed by atoms with Crippen molar-refractivity contribution >= 4 is 29.4 Å². The van der Waals surface area contributed by atoms with Crippen LogP contribution in [0.15, 0.2) is 30.5 Å². The Balaban J connectivity index is 2.77. The maximum Gasteiger partial charge on any atom is 0.236 e. The van der Waals surface area contributed by atoms with Gasteiger partial charge < -0.3 is 11.1 Å². The minimum atomic E-state index is -0.488. The van der Waals surface area contributed by atoms with E-state index in [1.54, 1.807) is 24.3 Å². The van der Waals surface area contributed by atoms with Gasteiger partial charge in [-0.05, 0) is 17.7 Å². The SMILES string of the molecule is NC(=O)CN/C=C(\C=O)c1ccc(Cl)cc1. The molecule has 0 atom stereocenters. The van der Waals surface area contributed by atoms with E-state index in [-0.39, 0.29) is 6.54 Å². The van der Waals surface area contributed by atoms with Crippen molar-refractivity contribution in [1.29, 1.82) is 0 Å². The van der Waals surface area contributed by atoms with Crippen molar-refractivity contribution in [3.8, 4) is 0 Å². The fourth-order valence-corrected chi connectivity index (χ4v) is 1.22. The number of rotatable bonds is 5. The highest BCUT2D eigenvalue weighted by molar-refractivity contribution is 6.30. The third kappa shape index (κ3) is 3.74. The summed E-state index contributed by atoms with van der Waals surface area (Å²) in [4.78, 5) is 21.3. The van der Waals surface area contributed by atoms with E-state index in [4.69, 9.17) is 17.3 Å². The van der Waals surface area contributed by atoms with Crippen LogP contribution in [-0.4, -0.2) is 18.7 Å². The number of hydrogen-bond donors (Lipinski definition) is 2. The lowest BCUT2D eigenvalue weighted by Crippen LogP contribution is -2.25. The number of benzene rings is 1. The summed E-state index contributed by atoms with van der Waals surface area (Å²) in [5.41, 5.74) is 6.09. The quantitative estimate of drug-likeness (QED) is 0.593. The molecule has 0 radical (unpaired) electrons. The topological polar surface area (TPSA) is 72.2 Å². The predicted molar refractivity (Wildman–Crippen MR) is 62.7 cm³/mol. The zero-order valence-electron chi connectivity index (χ0n) is 8.44. The molecule has 0 bridgehead atoms.